The van der Waals surface area contributed by atoms with Crippen molar-refractivity contribution in [2.45, 2.75) is 0 Å². The first-order chi connectivity index (χ1) is 10.4. The van der Waals surface area contributed by atoms with Crippen molar-refractivity contribution in [3.05, 3.63) is 79.0 Å². The van der Waals surface area contributed by atoms with Crippen LogP contribution in [-0.4, -0.2) is 4.98 Å². The second-order valence-corrected chi connectivity index (χ2v) is 5.07. The van der Waals surface area contributed by atoms with E-state index in [1.54, 1.807) is 0 Å². The van der Waals surface area contributed by atoms with Gasteiger partial charge >= 0.3 is 0 Å². The lowest BCUT2D eigenvalue weighted by Gasteiger charge is -2.10. The zero-order chi connectivity index (χ0) is 14.1. The molecular formula is C19H14N2. The summed E-state index contributed by atoms with van der Waals surface area (Å²) in [5.41, 5.74) is 3.12. The number of aromatic nitrogens is 1. The molecule has 0 radical (unpaired) electrons. The molecule has 0 aliphatic rings. The van der Waals surface area contributed by atoms with Crippen molar-refractivity contribution in [1.29, 1.82) is 0 Å². The number of para-hydroxylation sites is 1. The van der Waals surface area contributed by atoms with Crippen LogP contribution in [0.4, 0.5) is 11.4 Å². The zero-order valence-electron chi connectivity index (χ0n) is 11.5. The quantitative estimate of drug-likeness (QED) is 0.546. The molecule has 1 heterocycles. The van der Waals surface area contributed by atoms with Crippen LogP contribution < -0.4 is 5.32 Å². The van der Waals surface area contributed by atoms with E-state index in [9.17, 15) is 0 Å². The summed E-state index contributed by atoms with van der Waals surface area (Å²) in [4.78, 5) is 4.49. The molecule has 0 saturated carbocycles. The van der Waals surface area contributed by atoms with Gasteiger partial charge in [0.05, 0.1) is 17.4 Å². The summed E-state index contributed by atoms with van der Waals surface area (Å²) in [7, 11) is 0. The number of anilines is 2. The molecule has 4 rings (SSSR count). The minimum absolute atomic E-state index is 1.00. The number of pyridine rings is 1. The lowest BCUT2D eigenvalue weighted by atomic mass is 10.1. The highest BCUT2D eigenvalue weighted by Gasteiger charge is 2.02. The summed E-state index contributed by atoms with van der Waals surface area (Å²) in [6.45, 7) is 0. The molecule has 1 N–H and O–H groups in total. The van der Waals surface area contributed by atoms with Crippen molar-refractivity contribution < 1.29 is 0 Å². The highest BCUT2D eigenvalue weighted by molar-refractivity contribution is 5.95. The van der Waals surface area contributed by atoms with Gasteiger partial charge in [0.15, 0.2) is 0 Å². The van der Waals surface area contributed by atoms with Crippen LogP contribution in [0, 0.1) is 0 Å². The SMILES string of the molecule is c1ccc2ncc(Nc3cccc4ccccc34)cc2c1. The normalized spacial score (nSPS) is 10.9. The van der Waals surface area contributed by atoms with Crippen LogP contribution in [0.3, 0.4) is 0 Å². The lowest BCUT2D eigenvalue weighted by molar-refractivity contribution is 1.40. The Bertz CT molecular complexity index is 923. The molecule has 0 bridgehead atoms. The fourth-order valence-corrected chi connectivity index (χ4v) is 2.63. The third-order valence-electron chi connectivity index (χ3n) is 3.66. The molecule has 100 valence electrons. The minimum Gasteiger partial charge on any atom is -0.354 e. The van der Waals surface area contributed by atoms with E-state index in [0.717, 1.165) is 22.3 Å². The summed E-state index contributed by atoms with van der Waals surface area (Å²) >= 11 is 0. The first-order valence-corrected chi connectivity index (χ1v) is 7.00. The number of hydrogen-bond acceptors (Lipinski definition) is 2. The van der Waals surface area contributed by atoms with Crippen LogP contribution in [0.15, 0.2) is 79.0 Å². The molecule has 0 amide bonds. The number of hydrogen-bond donors (Lipinski definition) is 1. The number of benzene rings is 3. The van der Waals surface area contributed by atoms with Crippen LogP contribution in [0.1, 0.15) is 0 Å². The Morgan fingerprint density at radius 2 is 1.48 bits per heavy atom. The van der Waals surface area contributed by atoms with E-state index in [-0.39, 0.29) is 0 Å². The van der Waals surface area contributed by atoms with Crippen molar-refractivity contribution in [3.63, 3.8) is 0 Å². The van der Waals surface area contributed by atoms with Gasteiger partial charge in [0, 0.05) is 16.5 Å². The maximum atomic E-state index is 4.49. The van der Waals surface area contributed by atoms with Crippen LogP contribution in [-0.2, 0) is 0 Å². The molecule has 0 aliphatic heterocycles. The number of rotatable bonds is 2. The Kier molecular flexibility index (Phi) is 2.79. The van der Waals surface area contributed by atoms with Crippen molar-refractivity contribution in [1.82, 2.24) is 4.98 Å². The summed E-state index contributed by atoms with van der Waals surface area (Å²) in [6.07, 6.45) is 1.88. The summed E-state index contributed by atoms with van der Waals surface area (Å²) < 4.78 is 0. The predicted molar refractivity (Wildman–Crippen MR) is 89.0 cm³/mol. The van der Waals surface area contributed by atoms with Crippen molar-refractivity contribution in [3.8, 4) is 0 Å². The molecule has 1 aromatic heterocycles. The summed E-state index contributed by atoms with van der Waals surface area (Å²) in [5, 5.41) is 7.07. The van der Waals surface area contributed by atoms with Crippen molar-refractivity contribution in [2.75, 3.05) is 5.32 Å². The average molecular weight is 270 g/mol. The van der Waals surface area contributed by atoms with Gasteiger partial charge in [0.1, 0.15) is 0 Å². The van der Waals surface area contributed by atoms with E-state index in [1.807, 2.05) is 24.4 Å². The molecule has 21 heavy (non-hydrogen) atoms. The maximum absolute atomic E-state index is 4.49. The van der Waals surface area contributed by atoms with E-state index in [2.05, 4.69) is 64.9 Å². The first-order valence-electron chi connectivity index (χ1n) is 7.00. The first kappa shape index (κ1) is 11.9. The third-order valence-corrected chi connectivity index (χ3v) is 3.66. The smallest absolute Gasteiger partial charge is 0.0703 e. The monoisotopic (exact) mass is 270 g/mol. The molecule has 3 aromatic carbocycles. The van der Waals surface area contributed by atoms with Crippen LogP contribution in [0.25, 0.3) is 21.7 Å². The van der Waals surface area contributed by atoms with E-state index in [4.69, 9.17) is 0 Å². The van der Waals surface area contributed by atoms with Crippen LogP contribution in [0.2, 0.25) is 0 Å². The third kappa shape index (κ3) is 2.21. The lowest BCUT2D eigenvalue weighted by Crippen LogP contribution is -1.92. The number of nitrogens with one attached hydrogen (secondary N) is 1. The van der Waals surface area contributed by atoms with Gasteiger partial charge in [-0.1, -0.05) is 54.6 Å². The Labute approximate surface area is 123 Å². The molecular weight excluding hydrogens is 256 g/mol. The maximum Gasteiger partial charge on any atom is 0.0703 e. The second kappa shape index (κ2) is 4.91. The van der Waals surface area contributed by atoms with Gasteiger partial charge in [0.2, 0.25) is 0 Å². The average Bonchev–Trinajstić information content (AvgIpc) is 2.55. The minimum atomic E-state index is 1.00. The van der Waals surface area contributed by atoms with Gasteiger partial charge in [-0.15, -0.1) is 0 Å². The highest BCUT2D eigenvalue weighted by atomic mass is 14.9. The molecule has 0 aliphatic carbocycles. The van der Waals surface area contributed by atoms with Gasteiger partial charge in [0.25, 0.3) is 0 Å². The number of fused-ring (bicyclic) bond motifs is 2. The summed E-state index contributed by atoms with van der Waals surface area (Å²) in [6, 6.07) is 24.9. The molecule has 2 heteroatoms. The van der Waals surface area contributed by atoms with Crippen molar-refractivity contribution >= 4 is 33.1 Å². The van der Waals surface area contributed by atoms with E-state index in [0.29, 0.717) is 0 Å². The molecule has 0 spiro atoms. The molecule has 0 unspecified atom stereocenters. The predicted octanol–water partition coefficient (Wildman–Crippen LogP) is 5.13. The molecule has 2 nitrogen and oxygen atoms in total. The topological polar surface area (TPSA) is 24.9 Å². The fourth-order valence-electron chi connectivity index (χ4n) is 2.63. The standard InChI is InChI=1S/C19H14N2/c1-3-9-17-14(6-1)8-5-11-19(17)21-16-12-15-7-2-4-10-18(15)20-13-16/h1-13,21H. The summed E-state index contributed by atoms with van der Waals surface area (Å²) in [5.74, 6) is 0. The van der Waals surface area contributed by atoms with Gasteiger partial charge in [-0.25, -0.2) is 0 Å². The Hall–Kier alpha value is -2.87. The van der Waals surface area contributed by atoms with Gasteiger partial charge in [-0.3, -0.25) is 4.98 Å². The molecule has 4 aromatic rings. The fraction of sp³-hybridized carbons (Fsp3) is 0. The van der Waals surface area contributed by atoms with Gasteiger partial charge in [-0.2, -0.15) is 0 Å². The van der Waals surface area contributed by atoms with Crippen LogP contribution >= 0.6 is 0 Å². The Morgan fingerprint density at radius 3 is 2.43 bits per heavy atom. The molecule has 0 atom stereocenters. The zero-order valence-corrected chi connectivity index (χ0v) is 11.5. The number of nitrogens with zero attached hydrogens (tertiary/aromatic N) is 1. The Balaban J connectivity index is 1.79. The van der Waals surface area contributed by atoms with Crippen LogP contribution in [0.5, 0.6) is 0 Å². The Morgan fingerprint density at radius 1 is 0.714 bits per heavy atom. The van der Waals surface area contributed by atoms with Crippen molar-refractivity contribution in [2.24, 2.45) is 0 Å². The molecule has 0 fully saturated rings. The molecule has 0 saturated heterocycles. The van der Waals surface area contributed by atoms with Gasteiger partial charge < -0.3 is 5.32 Å². The van der Waals surface area contributed by atoms with Gasteiger partial charge in [-0.05, 0) is 23.6 Å². The second-order valence-electron chi connectivity index (χ2n) is 5.07. The highest BCUT2D eigenvalue weighted by Crippen LogP contribution is 2.27. The van der Waals surface area contributed by atoms with E-state index >= 15 is 0 Å². The van der Waals surface area contributed by atoms with E-state index < -0.39 is 0 Å². The van der Waals surface area contributed by atoms with E-state index in [1.165, 1.54) is 10.8 Å². The largest absolute Gasteiger partial charge is 0.354 e.